The zero-order valence-electron chi connectivity index (χ0n) is 29.6. The molecule has 1 aromatic heterocycles. The number of rotatable bonds is 3. The van der Waals surface area contributed by atoms with Crippen LogP contribution in [0.15, 0.2) is 204 Å². The summed E-state index contributed by atoms with van der Waals surface area (Å²) in [5.41, 5.74) is 13.1. The maximum absolute atomic E-state index is 14.5. The topological polar surface area (TPSA) is 52.0 Å². The number of imidazole rings is 1. The van der Waals surface area contributed by atoms with Gasteiger partial charge in [0.15, 0.2) is 0 Å². The number of nitrogens with zero attached hydrogens (tertiary/aromatic N) is 2. The summed E-state index contributed by atoms with van der Waals surface area (Å²) in [6, 6.07) is 66.2. The quantitative estimate of drug-likeness (QED) is 0.182. The first-order chi connectivity index (χ1) is 27.0. The SMILES string of the molecule is O=S1(=O)c2ccccc2C2(c3ccccc3-c3ccccc3-c3ccc(-c4ccc5c(c4)nc(-c4ccccc4)n5-c4ccccc4)cc32)c2ccccc21. The smallest absolute Gasteiger partial charge is 0.207 e. The van der Waals surface area contributed by atoms with E-state index in [1.165, 1.54) is 0 Å². The lowest BCUT2D eigenvalue weighted by molar-refractivity contribution is 0.579. The van der Waals surface area contributed by atoms with Gasteiger partial charge in [-0.3, -0.25) is 4.57 Å². The van der Waals surface area contributed by atoms with E-state index in [4.69, 9.17) is 4.98 Å². The molecule has 260 valence electrons. The maximum atomic E-state index is 14.5. The number of aromatic nitrogens is 2. The first kappa shape index (κ1) is 31.7. The first-order valence-corrected chi connectivity index (χ1v) is 19.9. The van der Waals surface area contributed by atoms with Crippen molar-refractivity contribution in [2.45, 2.75) is 15.2 Å². The Hall–Kier alpha value is -6.82. The second-order valence-corrected chi connectivity index (χ2v) is 16.2. The predicted molar refractivity (Wildman–Crippen MR) is 220 cm³/mol. The Kier molecular flexibility index (Phi) is 6.82. The molecule has 0 radical (unpaired) electrons. The molecule has 1 aliphatic heterocycles. The molecule has 0 atom stereocenters. The van der Waals surface area contributed by atoms with Crippen molar-refractivity contribution < 1.29 is 8.42 Å². The van der Waals surface area contributed by atoms with E-state index in [1.54, 1.807) is 12.1 Å². The number of para-hydroxylation sites is 1. The van der Waals surface area contributed by atoms with Crippen LogP contribution in [0.3, 0.4) is 0 Å². The van der Waals surface area contributed by atoms with Gasteiger partial charge in [0.25, 0.3) is 0 Å². The van der Waals surface area contributed by atoms with Gasteiger partial charge in [0, 0.05) is 11.3 Å². The van der Waals surface area contributed by atoms with Crippen molar-refractivity contribution in [3.05, 3.63) is 216 Å². The summed E-state index contributed by atoms with van der Waals surface area (Å²) in [7, 11) is -3.81. The third kappa shape index (κ3) is 4.45. The summed E-state index contributed by atoms with van der Waals surface area (Å²) >= 11 is 0. The third-order valence-corrected chi connectivity index (χ3v) is 13.3. The van der Waals surface area contributed by atoms with Crippen LogP contribution in [0.2, 0.25) is 0 Å². The lowest BCUT2D eigenvalue weighted by Crippen LogP contribution is -2.38. The fourth-order valence-corrected chi connectivity index (χ4v) is 10.9. The van der Waals surface area contributed by atoms with Crippen molar-refractivity contribution in [3.63, 3.8) is 0 Å². The van der Waals surface area contributed by atoms with Gasteiger partial charge in [0.1, 0.15) is 5.82 Å². The van der Waals surface area contributed by atoms with Crippen LogP contribution >= 0.6 is 0 Å². The van der Waals surface area contributed by atoms with Crippen LogP contribution in [-0.2, 0) is 15.3 Å². The van der Waals surface area contributed by atoms with Crippen molar-refractivity contribution in [2.24, 2.45) is 0 Å². The van der Waals surface area contributed by atoms with Crippen LogP contribution in [0.4, 0.5) is 0 Å². The highest BCUT2D eigenvalue weighted by Gasteiger charge is 2.51. The van der Waals surface area contributed by atoms with Gasteiger partial charge >= 0.3 is 0 Å². The molecule has 0 fully saturated rings. The zero-order valence-corrected chi connectivity index (χ0v) is 30.4. The van der Waals surface area contributed by atoms with Crippen molar-refractivity contribution >= 4 is 20.9 Å². The number of sulfone groups is 1. The summed E-state index contributed by atoms with van der Waals surface area (Å²) in [6.07, 6.45) is 0. The molecule has 0 N–H and O–H groups in total. The van der Waals surface area contributed by atoms with E-state index in [2.05, 4.69) is 126 Å². The number of benzene rings is 8. The number of hydrogen-bond donors (Lipinski definition) is 0. The molecule has 0 saturated heterocycles. The fourth-order valence-electron chi connectivity index (χ4n) is 9.16. The molecule has 8 aromatic carbocycles. The van der Waals surface area contributed by atoms with E-state index >= 15 is 0 Å². The Bertz CT molecular complexity index is 3060. The van der Waals surface area contributed by atoms with E-state index in [0.717, 1.165) is 83.7 Å². The third-order valence-electron chi connectivity index (χ3n) is 11.5. The van der Waals surface area contributed by atoms with Gasteiger partial charge < -0.3 is 0 Å². The van der Waals surface area contributed by atoms with Gasteiger partial charge in [0.05, 0.1) is 26.2 Å². The van der Waals surface area contributed by atoms with Crippen LogP contribution in [0.25, 0.3) is 61.5 Å². The molecule has 0 saturated carbocycles. The lowest BCUT2D eigenvalue weighted by Gasteiger charge is -2.42. The molecule has 1 aliphatic carbocycles. The zero-order chi connectivity index (χ0) is 36.7. The molecule has 1 spiro atoms. The highest BCUT2D eigenvalue weighted by molar-refractivity contribution is 7.91. The van der Waals surface area contributed by atoms with Crippen molar-refractivity contribution in [3.8, 4) is 50.5 Å². The van der Waals surface area contributed by atoms with Crippen molar-refractivity contribution in [1.29, 1.82) is 0 Å². The minimum atomic E-state index is -3.81. The Morgan fingerprint density at radius 1 is 0.418 bits per heavy atom. The van der Waals surface area contributed by atoms with E-state index in [1.807, 2.05) is 60.7 Å². The average molecular weight is 725 g/mol. The number of hydrogen-bond acceptors (Lipinski definition) is 3. The summed E-state index contributed by atoms with van der Waals surface area (Å²) in [4.78, 5) is 5.94. The molecule has 0 bridgehead atoms. The van der Waals surface area contributed by atoms with Gasteiger partial charge in [-0.15, -0.1) is 0 Å². The average Bonchev–Trinajstić information content (AvgIpc) is 3.59. The largest absolute Gasteiger partial charge is 0.292 e. The highest BCUT2D eigenvalue weighted by Crippen LogP contribution is 2.59. The molecule has 0 amide bonds. The van der Waals surface area contributed by atoms with Gasteiger partial charge in [-0.1, -0.05) is 152 Å². The Balaban J connectivity index is 1.23. The summed E-state index contributed by atoms with van der Waals surface area (Å²) in [5, 5.41) is 0. The second kappa shape index (κ2) is 11.8. The normalized spacial score (nSPS) is 14.3. The van der Waals surface area contributed by atoms with Crippen LogP contribution in [0.1, 0.15) is 22.3 Å². The van der Waals surface area contributed by atoms with Gasteiger partial charge in [-0.2, -0.15) is 0 Å². The summed E-state index contributed by atoms with van der Waals surface area (Å²) < 4.78 is 31.2. The molecular weight excluding hydrogens is 693 g/mol. The Labute approximate surface area is 319 Å². The van der Waals surface area contributed by atoms with Gasteiger partial charge in [-0.05, 0) is 98.1 Å². The predicted octanol–water partition coefficient (Wildman–Crippen LogP) is 11.5. The van der Waals surface area contributed by atoms with Crippen LogP contribution < -0.4 is 0 Å². The van der Waals surface area contributed by atoms with Crippen LogP contribution in [0.5, 0.6) is 0 Å². The van der Waals surface area contributed by atoms with E-state index in [9.17, 15) is 8.42 Å². The molecule has 55 heavy (non-hydrogen) atoms. The minimum absolute atomic E-state index is 0.340. The fraction of sp³-hybridized carbons (Fsp3) is 0.0200. The number of fused-ring (bicyclic) bond motifs is 12. The monoisotopic (exact) mass is 724 g/mol. The summed E-state index contributed by atoms with van der Waals surface area (Å²) in [5.74, 6) is 0.879. The van der Waals surface area contributed by atoms with Crippen molar-refractivity contribution in [2.75, 3.05) is 0 Å². The van der Waals surface area contributed by atoms with Gasteiger partial charge in [0.2, 0.25) is 9.84 Å². The van der Waals surface area contributed by atoms with E-state index in [-0.39, 0.29) is 0 Å². The molecule has 0 unspecified atom stereocenters. The molecule has 9 aromatic rings. The molecule has 4 nitrogen and oxygen atoms in total. The molecule has 5 heteroatoms. The second-order valence-electron chi connectivity index (χ2n) is 14.3. The first-order valence-electron chi connectivity index (χ1n) is 18.5. The molecular formula is C50H32N2O2S. The standard InChI is InChI=1S/C50H32N2O2S/c53-55(54)47-25-13-11-23-42(47)50(43-24-12-14-26-48(43)55)41-22-10-9-21-39(41)37-19-7-8-20-38(37)40-29-27-34(31-44(40)50)35-28-30-46-45(32-35)51-49(33-15-3-1-4-16-33)52(46)36-17-5-2-6-18-36/h1-32H. The molecule has 2 aliphatic rings. The maximum Gasteiger partial charge on any atom is 0.207 e. The molecule has 2 heterocycles. The molecule has 11 rings (SSSR count). The van der Waals surface area contributed by atoms with E-state index in [0.29, 0.717) is 9.79 Å². The van der Waals surface area contributed by atoms with Crippen molar-refractivity contribution in [1.82, 2.24) is 9.55 Å². The summed E-state index contributed by atoms with van der Waals surface area (Å²) in [6.45, 7) is 0. The van der Waals surface area contributed by atoms with Crippen LogP contribution in [-0.4, -0.2) is 18.0 Å². The minimum Gasteiger partial charge on any atom is -0.292 e. The Morgan fingerprint density at radius 2 is 0.927 bits per heavy atom. The lowest BCUT2D eigenvalue weighted by atomic mass is 9.63. The Morgan fingerprint density at radius 3 is 1.60 bits per heavy atom. The van der Waals surface area contributed by atoms with Crippen LogP contribution in [0, 0.1) is 0 Å². The highest BCUT2D eigenvalue weighted by atomic mass is 32.2. The van der Waals surface area contributed by atoms with E-state index < -0.39 is 15.3 Å². The van der Waals surface area contributed by atoms with Gasteiger partial charge in [-0.25, -0.2) is 13.4 Å².